The number of hydrogen-bond acceptors (Lipinski definition) is 15. The van der Waals surface area contributed by atoms with Crippen molar-refractivity contribution in [3.05, 3.63) is 93.0 Å². The average molecular weight is 1390 g/mol. The fourth-order valence-corrected chi connectivity index (χ4v) is 8.18. The van der Waals surface area contributed by atoms with Crippen LogP contribution in [-0.4, -0.2) is 159 Å². The molecule has 0 unspecified atom stereocenters. The predicted octanol–water partition coefficient (Wildman–Crippen LogP) is 5.43. The Balaban J connectivity index is 0.0000189. The quantitative estimate of drug-likeness (QED) is 0.0188. The van der Waals surface area contributed by atoms with E-state index in [0.29, 0.717) is 138 Å². The molecule has 0 aliphatic heterocycles. The summed E-state index contributed by atoms with van der Waals surface area (Å²) < 4.78 is 107. The zero-order chi connectivity index (χ0) is 61.3. The van der Waals surface area contributed by atoms with Crippen LogP contribution in [0.5, 0.6) is 46.0 Å². The van der Waals surface area contributed by atoms with E-state index in [1.54, 1.807) is 40.6 Å². The van der Waals surface area contributed by atoms with E-state index in [2.05, 4.69) is 82.4 Å². The number of nitrogens with zero attached hydrogens (tertiary/aromatic N) is 1. The summed E-state index contributed by atoms with van der Waals surface area (Å²) in [5.74, 6) is 30.3. The number of unbranched alkanes of at least 4 members (excludes halogenated alkanes) is 2. The van der Waals surface area contributed by atoms with Gasteiger partial charge in [0.05, 0.1) is 130 Å². The van der Waals surface area contributed by atoms with Crippen LogP contribution in [0.25, 0.3) is 0 Å². The minimum atomic E-state index is -4.43. The van der Waals surface area contributed by atoms with Crippen molar-refractivity contribution in [2.24, 2.45) is 5.92 Å². The van der Waals surface area contributed by atoms with Gasteiger partial charge in [-0.15, -0.1) is 34.0 Å². The van der Waals surface area contributed by atoms with Crippen LogP contribution in [-0.2, 0) is 29.1 Å². The molecular weight excluding hydrogens is 1300 g/mol. The van der Waals surface area contributed by atoms with Crippen molar-refractivity contribution in [3.63, 3.8) is 0 Å². The van der Waals surface area contributed by atoms with Crippen LogP contribution in [0.15, 0.2) is 48.5 Å². The van der Waals surface area contributed by atoms with Gasteiger partial charge in [-0.3, -0.25) is 0 Å². The van der Waals surface area contributed by atoms with Crippen molar-refractivity contribution in [2.45, 2.75) is 86.0 Å². The maximum atomic E-state index is 11.5. The van der Waals surface area contributed by atoms with E-state index in [0.717, 1.165) is 48.7 Å². The molecule has 0 aliphatic carbocycles. The van der Waals surface area contributed by atoms with E-state index < -0.39 is 15.9 Å². The molecule has 4 rings (SSSR count). The van der Waals surface area contributed by atoms with Crippen LogP contribution in [0.2, 0.25) is 0 Å². The topological polar surface area (TPSA) is 168 Å². The van der Waals surface area contributed by atoms with Crippen molar-refractivity contribution in [2.75, 3.05) is 141 Å². The molecule has 0 bridgehead atoms. The first-order valence-electron chi connectivity index (χ1n) is 28.8. The van der Waals surface area contributed by atoms with Crippen LogP contribution in [0, 0.1) is 53.3 Å². The Kier molecular flexibility index (Phi) is 44.3. The van der Waals surface area contributed by atoms with E-state index in [9.17, 15) is 13.0 Å². The molecule has 0 spiro atoms. The largest absolute Gasteiger partial charge is 1.00 e. The predicted molar refractivity (Wildman–Crippen MR) is 348 cm³/mol. The average Bonchev–Trinajstić information content (AvgIpc) is 3.54. The molecule has 88 heavy (non-hydrogen) atoms. The third kappa shape index (κ3) is 32.0. The molecule has 4 aromatic carbocycles. The fraction of sp³-hybridized carbons (Fsp3) is 0.522. The fourth-order valence-electron chi connectivity index (χ4n) is 7.71. The molecule has 0 aromatic heterocycles. The number of benzene rings is 4. The minimum absolute atomic E-state index is 0. The normalized spacial score (nSPS) is 10.6. The SMILES string of the molecule is Br.Br.CCCCOc1cc(C#Cc2cc(OCCOC)c(C#CC(C)C)cc2OCCOC)c(OCCC[N+](C)(C)C)cc1C#Cc1cc(OCCOC)c(C#Cc2cc(OCCCC)c(C(C)C)cc2OCCCS(=O)(=O)[O-])cc1OCCOC.[Na+].[Na+]. The maximum absolute atomic E-state index is 11.5. The summed E-state index contributed by atoms with van der Waals surface area (Å²) in [6, 6.07) is 14.7. The van der Waals surface area contributed by atoms with Crippen molar-refractivity contribution in [3.8, 4) is 93.4 Å². The molecule has 0 amide bonds. The van der Waals surface area contributed by atoms with Gasteiger partial charge in [0, 0.05) is 88.5 Å². The van der Waals surface area contributed by atoms with E-state index in [1.165, 1.54) is 0 Å². The summed E-state index contributed by atoms with van der Waals surface area (Å²) in [5.41, 5.74) is 4.73. The van der Waals surface area contributed by atoms with Gasteiger partial charge in [0.1, 0.15) is 72.4 Å². The first-order valence-corrected chi connectivity index (χ1v) is 30.4. The van der Waals surface area contributed by atoms with Crippen molar-refractivity contribution in [1.29, 1.82) is 0 Å². The van der Waals surface area contributed by atoms with Gasteiger partial charge in [0.25, 0.3) is 0 Å². The summed E-state index contributed by atoms with van der Waals surface area (Å²) in [6.45, 7) is 16.9. The Labute approximate surface area is 591 Å². The number of rotatable bonds is 35. The van der Waals surface area contributed by atoms with Gasteiger partial charge in [-0.25, -0.2) is 8.42 Å². The second-order valence-corrected chi connectivity index (χ2v) is 22.7. The van der Waals surface area contributed by atoms with Crippen LogP contribution >= 0.6 is 34.0 Å². The summed E-state index contributed by atoms with van der Waals surface area (Å²) in [4.78, 5) is 0. The number of methoxy groups -OCH3 is 4. The maximum Gasteiger partial charge on any atom is 1.00 e. The Morgan fingerprint density at radius 1 is 0.409 bits per heavy atom. The zero-order valence-corrected chi connectivity index (χ0v) is 63.0. The summed E-state index contributed by atoms with van der Waals surface area (Å²) in [7, 11) is 8.43. The molecule has 474 valence electrons. The van der Waals surface area contributed by atoms with Crippen molar-refractivity contribution >= 4 is 44.1 Å². The monoisotopic (exact) mass is 1390 g/mol. The standard InChI is InChI=1S/C67H89NO15S.2BrH.2Na/c1-14-16-29-76-60-43-54(23-25-55-45-62(80-37-33-72-10)52(21-20-50(3)4)42-63(55)81-38-34-73-11)61(77-31-18-28-68(7,8)9)44-53(60)22-24-56-46-65(83-40-36-75-13)57(47-64(56)82-39-35-74-12)26-27-58-48-67(79-30-17-15-2)59(51(5)6)49-66(58)78-32-19-41-84(69,70)71;;;;/h42-51H,14-19,28-41H2,1-13H3;2*1H;;/q;;;2*+1. The molecule has 4 aromatic rings. The third-order valence-electron chi connectivity index (χ3n) is 12.2. The van der Waals surface area contributed by atoms with E-state index in [-0.39, 0.29) is 138 Å². The molecular formula is C67H91Br2NNa2O15S+2. The molecule has 0 atom stereocenters. The Hall–Kier alpha value is -3.81. The van der Waals surface area contributed by atoms with Gasteiger partial charge < -0.3 is 65.9 Å². The van der Waals surface area contributed by atoms with E-state index in [4.69, 9.17) is 56.8 Å². The second kappa shape index (κ2) is 46.3. The number of ether oxygens (including phenoxy) is 12. The van der Waals surface area contributed by atoms with Crippen molar-refractivity contribution in [1.82, 2.24) is 0 Å². The van der Waals surface area contributed by atoms with Gasteiger partial charge in [0.2, 0.25) is 0 Å². The van der Waals surface area contributed by atoms with Gasteiger partial charge >= 0.3 is 59.1 Å². The van der Waals surface area contributed by atoms with Gasteiger partial charge in [-0.2, -0.15) is 0 Å². The molecule has 0 aliphatic rings. The van der Waals surface area contributed by atoms with Crippen LogP contribution in [0.3, 0.4) is 0 Å². The summed E-state index contributed by atoms with van der Waals surface area (Å²) in [5, 5.41) is 0. The van der Waals surface area contributed by atoms with Crippen molar-refractivity contribution < 1.29 is 133 Å². The third-order valence-corrected chi connectivity index (χ3v) is 13.0. The molecule has 0 radical (unpaired) electrons. The van der Waals surface area contributed by atoms with Gasteiger partial charge in [-0.05, 0) is 37.3 Å². The number of halogens is 2. The Morgan fingerprint density at radius 2 is 0.682 bits per heavy atom. The molecule has 0 heterocycles. The molecule has 21 heteroatoms. The molecule has 0 saturated carbocycles. The zero-order valence-electron chi connectivity index (χ0n) is 54.7. The molecule has 0 saturated heterocycles. The Morgan fingerprint density at radius 3 is 0.966 bits per heavy atom. The Bertz CT molecular complexity index is 3090. The first kappa shape index (κ1) is 84.2. The molecule has 16 nitrogen and oxygen atoms in total. The summed E-state index contributed by atoms with van der Waals surface area (Å²) >= 11 is 0. The second-order valence-electron chi connectivity index (χ2n) is 21.2. The van der Waals surface area contributed by atoms with Crippen LogP contribution in [0.1, 0.15) is 130 Å². The first-order chi connectivity index (χ1) is 40.3. The van der Waals surface area contributed by atoms with Gasteiger partial charge in [0.15, 0.2) is 0 Å². The van der Waals surface area contributed by atoms with Crippen LogP contribution < -0.4 is 97.0 Å². The number of quaternary nitrogens is 1. The van der Waals surface area contributed by atoms with E-state index >= 15 is 0 Å². The molecule has 0 fully saturated rings. The smallest absolute Gasteiger partial charge is 0.748 e. The minimum Gasteiger partial charge on any atom is -0.748 e. The van der Waals surface area contributed by atoms with Gasteiger partial charge in [-0.1, -0.05) is 102 Å². The molecule has 0 N–H and O–H groups in total. The number of hydrogen-bond donors (Lipinski definition) is 0. The summed E-state index contributed by atoms with van der Waals surface area (Å²) in [6.07, 6.45) is 4.29. The van der Waals surface area contributed by atoms with Crippen LogP contribution in [0.4, 0.5) is 0 Å². The van der Waals surface area contributed by atoms with E-state index in [1.807, 2.05) is 64.1 Å².